The number of carbonyl (C=O) groups excluding carboxylic acids is 1. The first-order chi connectivity index (χ1) is 5.57. The van der Waals surface area contributed by atoms with Crippen LogP contribution in [-0.2, 0) is 9.53 Å². The molecule has 0 aromatic heterocycles. The number of Topliss-reactive ketones (excluding diaryl/α,β-unsaturated/α-hetero) is 1. The normalized spacial score (nSPS) is 13.4. The van der Waals surface area contributed by atoms with Crippen molar-refractivity contribution in [3.05, 3.63) is 0 Å². The minimum Gasteiger partial charge on any atom is -0.374 e. The number of ether oxygens (including phenoxy) is 1. The molecule has 1 atom stereocenters. The molecule has 0 spiro atoms. The molecular weight excluding hydrogens is 154 g/mol. The van der Waals surface area contributed by atoms with Gasteiger partial charge in [-0.1, -0.05) is 13.8 Å². The fraction of sp³-hybridized carbons (Fsp3) is 0.889. The molecule has 3 heteroatoms. The van der Waals surface area contributed by atoms with Crippen LogP contribution in [0, 0.1) is 5.92 Å². The molecule has 0 radical (unpaired) electrons. The molecule has 0 unspecified atom stereocenters. The molecule has 0 heterocycles. The molecule has 12 heavy (non-hydrogen) atoms. The summed E-state index contributed by atoms with van der Waals surface area (Å²) in [4.78, 5) is 11.2. The Morgan fingerprint density at radius 1 is 1.50 bits per heavy atom. The number of nitrogens with two attached hydrogens (primary N) is 1. The SMILES string of the molecule is CCOCC(=O)[C@@H](N)CC(C)C. The number of hydrogen-bond donors (Lipinski definition) is 1. The second kappa shape index (κ2) is 6.14. The summed E-state index contributed by atoms with van der Waals surface area (Å²) >= 11 is 0. The van der Waals surface area contributed by atoms with E-state index in [0.717, 1.165) is 6.42 Å². The van der Waals surface area contributed by atoms with Crippen LogP contribution in [0.4, 0.5) is 0 Å². The van der Waals surface area contributed by atoms with E-state index in [-0.39, 0.29) is 18.4 Å². The third kappa shape index (κ3) is 5.27. The molecule has 3 nitrogen and oxygen atoms in total. The summed E-state index contributed by atoms with van der Waals surface area (Å²) in [5, 5.41) is 0. The van der Waals surface area contributed by atoms with E-state index in [0.29, 0.717) is 12.5 Å². The predicted molar refractivity (Wildman–Crippen MR) is 48.9 cm³/mol. The Hall–Kier alpha value is -0.410. The molecule has 0 rings (SSSR count). The molecule has 0 aromatic carbocycles. The molecule has 0 fully saturated rings. The molecule has 0 saturated heterocycles. The first kappa shape index (κ1) is 11.6. The van der Waals surface area contributed by atoms with Crippen LogP contribution in [0.15, 0.2) is 0 Å². The first-order valence-electron chi connectivity index (χ1n) is 4.44. The molecule has 0 amide bonds. The first-order valence-corrected chi connectivity index (χ1v) is 4.44. The number of ketones is 1. The standard InChI is InChI=1S/C9H19NO2/c1-4-12-6-9(11)8(10)5-7(2)3/h7-8H,4-6,10H2,1-3H3/t8-/m0/s1. The third-order valence-corrected chi connectivity index (χ3v) is 1.59. The minimum atomic E-state index is -0.350. The van der Waals surface area contributed by atoms with Gasteiger partial charge < -0.3 is 10.5 Å². The smallest absolute Gasteiger partial charge is 0.175 e. The van der Waals surface area contributed by atoms with Gasteiger partial charge in [-0.2, -0.15) is 0 Å². The van der Waals surface area contributed by atoms with Gasteiger partial charge in [-0.25, -0.2) is 0 Å². The Morgan fingerprint density at radius 2 is 2.08 bits per heavy atom. The van der Waals surface area contributed by atoms with Gasteiger partial charge in [0, 0.05) is 6.61 Å². The summed E-state index contributed by atoms with van der Waals surface area (Å²) in [6.07, 6.45) is 0.742. The van der Waals surface area contributed by atoms with Gasteiger partial charge in [0.2, 0.25) is 0 Å². The Morgan fingerprint density at radius 3 is 2.50 bits per heavy atom. The molecule has 2 N–H and O–H groups in total. The highest BCUT2D eigenvalue weighted by Gasteiger charge is 2.14. The van der Waals surface area contributed by atoms with Crippen molar-refractivity contribution in [1.29, 1.82) is 0 Å². The van der Waals surface area contributed by atoms with Crippen LogP contribution >= 0.6 is 0 Å². The fourth-order valence-corrected chi connectivity index (χ4v) is 0.949. The van der Waals surface area contributed by atoms with Crippen LogP contribution in [-0.4, -0.2) is 25.0 Å². The minimum absolute atomic E-state index is 0.00514. The maximum Gasteiger partial charge on any atom is 0.175 e. The van der Waals surface area contributed by atoms with Crippen molar-refractivity contribution in [3.8, 4) is 0 Å². The largest absolute Gasteiger partial charge is 0.374 e. The molecular formula is C9H19NO2. The Kier molecular flexibility index (Phi) is 5.93. The quantitative estimate of drug-likeness (QED) is 0.651. The zero-order valence-corrected chi connectivity index (χ0v) is 8.17. The summed E-state index contributed by atoms with van der Waals surface area (Å²) in [6, 6.07) is -0.350. The summed E-state index contributed by atoms with van der Waals surface area (Å²) in [5.41, 5.74) is 5.63. The Labute approximate surface area is 74.3 Å². The monoisotopic (exact) mass is 173 g/mol. The molecule has 0 aliphatic heterocycles. The number of rotatable bonds is 6. The van der Waals surface area contributed by atoms with Crippen molar-refractivity contribution in [2.75, 3.05) is 13.2 Å². The van der Waals surface area contributed by atoms with E-state index in [1.54, 1.807) is 0 Å². The van der Waals surface area contributed by atoms with Gasteiger partial charge >= 0.3 is 0 Å². The predicted octanol–water partition coefficient (Wildman–Crippen LogP) is 0.965. The highest BCUT2D eigenvalue weighted by atomic mass is 16.5. The van der Waals surface area contributed by atoms with Gasteiger partial charge in [0.25, 0.3) is 0 Å². The van der Waals surface area contributed by atoms with Gasteiger partial charge in [-0.15, -0.1) is 0 Å². The molecule has 0 saturated carbocycles. The fourth-order valence-electron chi connectivity index (χ4n) is 0.949. The van der Waals surface area contributed by atoms with Crippen LogP contribution in [0.2, 0.25) is 0 Å². The second-order valence-corrected chi connectivity index (χ2v) is 3.34. The van der Waals surface area contributed by atoms with Crippen molar-refractivity contribution >= 4 is 5.78 Å². The zero-order chi connectivity index (χ0) is 9.56. The van der Waals surface area contributed by atoms with Gasteiger partial charge in [0.05, 0.1) is 6.04 Å². The topological polar surface area (TPSA) is 52.3 Å². The summed E-state index contributed by atoms with van der Waals surface area (Å²) in [7, 11) is 0. The average molecular weight is 173 g/mol. The third-order valence-electron chi connectivity index (χ3n) is 1.59. The van der Waals surface area contributed by atoms with Crippen molar-refractivity contribution in [2.45, 2.75) is 33.2 Å². The van der Waals surface area contributed by atoms with Crippen molar-refractivity contribution in [3.63, 3.8) is 0 Å². The maximum absolute atomic E-state index is 11.2. The van der Waals surface area contributed by atoms with Crippen LogP contribution in [0.5, 0.6) is 0 Å². The molecule has 0 bridgehead atoms. The average Bonchev–Trinajstić information content (AvgIpc) is 1.98. The van der Waals surface area contributed by atoms with E-state index in [1.807, 2.05) is 20.8 Å². The van der Waals surface area contributed by atoms with Gasteiger partial charge in [-0.05, 0) is 19.3 Å². The van der Waals surface area contributed by atoms with E-state index < -0.39 is 0 Å². The van der Waals surface area contributed by atoms with E-state index >= 15 is 0 Å². The van der Waals surface area contributed by atoms with Crippen LogP contribution in [0.1, 0.15) is 27.2 Å². The van der Waals surface area contributed by atoms with E-state index in [9.17, 15) is 4.79 Å². The lowest BCUT2D eigenvalue weighted by Gasteiger charge is -2.12. The van der Waals surface area contributed by atoms with E-state index in [2.05, 4.69) is 0 Å². The Bertz CT molecular complexity index is 134. The van der Waals surface area contributed by atoms with Crippen LogP contribution < -0.4 is 5.73 Å². The molecule has 72 valence electrons. The van der Waals surface area contributed by atoms with Crippen molar-refractivity contribution in [1.82, 2.24) is 0 Å². The number of carbonyl (C=O) groups is 1. The number of hydrogen-bond acceptors (Lipinski definition) is 3. The lowest BCUT2D eigenvalue weighted by molar-refractivity contribution is -0.125. The van der Waals surface area contributed by atoms with Crippen LogP contribution in [0.3, 0.4) is 0 Å². The summed E-state index contributed by atoms with van der Waals surface area (Å²) in [6.45, 7) is 6.69. The maximum atomic E-state index is 11.2. The van der Waals surface area contributed by atoms with Crippen molar-refractivity contribution < 1.29 is 9.53 Å². The summed E-state index contributed by atoms with van der Waals surface area (Å²) < 4.78 is 4.97. The molecule has 0 aromatic rings. The van der Waals surface area contributed by atoms with Gasteiger partial charge in [0.15, 0.2) is 5.78 Å². The van der Waals surface area contributed by atoms with Crippen molar-refractivity contribution in [2.24, 2.45) is 11.7 Å². The molecule has 0 aliphatic rings. The summed E-state index contributed by atoms with van der Waals surface area (Å²) in [5.74, 6) is 0.469. The second-order valence-electron chi connectivity index (χ2n) is 3.34. The lowest BCUT2D eigenvalue weighted by Crippen LogP contribution is -2.34. The van der Waals surface area contributed by atoms with Crippen LogP contribution in [0.25, 0.3) is 0 Å². The van der Waals surface area contributed by atoms with Gasteiger partial charge in [0.1, 0.15) is 6.61 Å². The highest BCUT2D eigenvalue weighted by molar-refractivity contribution is 5.84. The lowest BCUT2D eigenvalue weighted by atomic mass is 10.0. The molecule has 0 aliphatic carbocycles. The zero-order valence-electron chi connectivity index (χ0n) is 8.17. The van der Waals surface area contributed by atoms with Gasteiger partial charge in [-0.3, -0.25) is 4.79 Å². The highest BCUT2D eigenvalue weighted by Crippen LogP contribution is 2.03. The Balaban J connectivity index is 3.61. The van der Waals surface area contributed by atoms with E-state index in [1.165, 1.54) is 0 Å². The van der Waals surface area contributed by atoms with E-state index in [4.69, 9.17) is 10.5 Å².